The Morgan fingerprint density at radius 2 is 1.95 bits per heavy atom. The second-order valence-electron chi connectivity index (χ2n) is 6.01. The summed E-state index contributed by atoms with van der Waals surface area (Å²) in [5.74, 6) is 2.69. The van der Waals surface area contributed by atoms with E-state index in [-0.39, 0.29) is 24.7 Å². The van der Waals surface area contributed by atoms with E-state index in [1.54, 1.807) is 4.90 Å². The second-order valence-corrected chi connectivity index (χ2v) is 6.01. The maximum absolute atomic E-state index is 12.0. The van der Waals surface area contributed by atoms with Crippen molar-refractivity contribution in [1.29, 1.82) is 0 Å². The molecule has 19 heavy (non-hydrogen) atoms. The van der Waals surface area contributed by atoms with Crippen LogP contribution in [-0.2, 0) is 14.3 Å². The summed E-state index contributed by atoms with van der Waals surface area (Å²) in [4.78, 5) is 25.2. The molecule has 4 heteroatoms. The Bertz CT molecular complexity index is 372. The summed E-state index contributed by atoms with van der Waals surface area (Å²) in [5, 5.41) is 0. The van der Waals surface area contributed by atoms with Crippen molar-refractivity contribution in [2.75, 3.05) is 13.1 Å². The lowest BCUT2D eigenvalue weighted by Gasteiger charge is -2.21. The normalized spacial score (nSPS) is 14.6. The molecule has 1 aliphatic carbocycles. The van der Waals surface area contributed by atoms with Crippen LogP contribution in [0.25, 0.3) is 0 Å². The number of carbonyl (C=O) groups is 2. The van der Waals surface area contributed by atoms with Crippen LogP contribution in [0, 0.1) is 18.3 Å². The fourth-order valence-corrected chi connectivity index (χ4v) is 1.74. The van der Waals surface area contributed by atoms with Gasteiger partial charge in [0.15, 0.2) is 0 Å². The number of ether oxygens (including phenoxy) is 1. The standard InChI is InChI=1S/C15H23NO3/c1-5-10-16(11-12-6-7-12)13(17)8-9-14(18)19-15(2,3)4/h1,12H,6-11H2,2-4H3. The lowest BCUT2D eigenvalue weighted by atomic mass is 10.2. The van der Waals surface area contributed by atoms with Gasteiger partial charge >= 0.3 is 5.97 Å². The SMILES string of the molecule is C#CCN(CC1CC1)C(=O)CCC(=O)OC(C)(C)C. The Morgan fingerprint density at radius 1 is 1.32 bits per heavy atom. The van der Waals surface area contributed by atoms with Crippen LogP contribution in [0.15, 0.2) is 0 Å². The van der Waals surface area contributed by atoms with Crippen molar-refractivity contribution in [3.8, 4) is 12.3 Å². The number of hydrogen-bond donors (Lipinski definition) is 0. The molecule has 0 heterocycles. The minimum atomic E-state index is -0.507. The maximum Gasteiger partial charge on any atom is 0.306 e. The Morgan fingerprint density at radius 3 is 2.42 bits per heavy atom. The molecular weight excluding hydrogens is 242 g/mol. The van der Waals surface area contributed by atoms with Crippen molar-refractivity contribution in [3.05, 3.63) is 0 Å². The number of carbonyl (C=O) groups excluding carboxylic acids is 2. The van der Waals surface area contributed by atoms with Gasteiger partial charge in [0, 0.05) is 13.0 Å². The van der Waals surface area contributed by atoms with Crippen molar-refractivity contribution >= 4 is 11.9 Å². The molecule has 1 rings (SSSR count). The summed E-state index contributed by atoms with van der Waals surface area (Å²) in [7, 11) is 0. The third-order valence-electron chi connectivity index (χ3n) is 2.77. The monoisotopic (exact) mass is 265 g/mol. The van der Waals surface area contributed by atoms with Crippen LogP contribution >= 0.6 is 0 Å². The van der Waals surface area contributed by atoms with Crippen molar-refractivity contribution in [3.63, 3.8) is 0 Å². The van der Waals surface area contributed by atoms with Crippen molar-refractivity contribution < 1.29 is 14.3 Å². The summed E-state index contributed by atoms with van der Waals surface area (Å²) in [6.45, 7) is 6.47. The van der Waals surface area contributed by atoms with Gasteiger partial charge in [-0.15, -0.1) is 6.42 Å². The van der Waals surface area contributed by atoms with Gasteiger partial charge in [0.2, 0.25) is 5.91 Å². The highest BCUT2D eigenvalue weighted by molar-refractivity contribution is 5.81. The van der Waals surface area contributed by atoms with Crippen LogP contribution < -0.4 is 0 Å². The first-order chi connectivity index (χ1) is 8.81. The lowest BCUT2D eigenvalue weighted by molar-refractivity contribution is -0.156. The third-order valence-corrected chi connectivity index (χ3v) is 2.77. The average molecular weight is 265 g/mol. The number of terminal acetylenes is 1. The molecule has 0 unspecified atom stereocenters. The van der Waals surface area contributed by atoms with Crippen LogP contribution in [0.3, 0.4) is 0 Å². The van der Waals surface area contributed by atoms with Gasteiger partial charge in [-0.1, -0.05) is 5.92 Å². The maximum atomic E-state index is 12.0. The minimum absolute atomic E-state index is 0.0595. The molecule has 0 radical (unpaired) electrons. The number of rotatable bonds is 6. The van der Waals surface area contributed by atoms with E-state index in [0.29, 0.717) is 12.5 Å². The molecule has 106 valence electrons. The summed E-state index contributed by atoms with van der Waals surface area (Å²) >= 11 is 0. The van der Waals surface area contributed by atoms with Gasteiger partial charge in [-0.25, -0.2) is 0 Å². The zero-order valence-corrected chi connectivity index (χ0v) is 12.1. The van der Waals surface area contributed by atoms with Crippen LogP contribution in [0.4, 0.5) is 0 Å². The molecule has 1 saturated carbocycles. The van der Waals surface area contributed by atoms with E-state index in [2.05, 4.69) is 5.92 Å². The highest BCUT2D eigenvalue weighted by atomic mass is 16.6. The Kier molecular flexibility index (Phi) is 5.41. The third kappa shape index (κ3) is 6.85. The number of hydrogen-bond acceptors (Lipinski definition) is 3. The molecule has 0 aromatic rings. The fraction of sp³-hybridized carbons (Fsp3) is 0.733. The van der Waals surface area contributed by atoms with Gasteiger partial charge < -0.3 is 9.64 Å². The Balaban J connectivity index is 2.35. The van der Waals surface area contributed by atoms with Crippen LogP contribution in [0.1, 0.15) is 46.5 Å². The summed E-state index contributed by atoms with van der Waals surface area (Å²) in [5.41, 5.74) is -0.507. The van der Waals surface area contributed by atoms with E-state index in [0.717, 1.165) is 6.54 Å². The van der Waals surface area contributed by atoms with Crippen molar-refractivity contribution in [2.24, 2.45) is 5.92 Å². The van der Waals surface area contributed by atoms with E-state index in [1.807, 2.05) is 20.8 Å². The van der Waals surface area contributed by atoms with Crippen LogP contribution in [0.5, 0.6) is 0 Å². The topological polar surface area (TPSA) is 46.6 Å². The highest BCUT2D eigenvalue weighted by Gasteiger charge is 2.26. The molecule has 0 atom stereocenters. The van der Waals surface area contributed by atoms with E-state index < -0.39 is 5.60 Å². The zero-order valence-electron chi connectivity index (χ0n) is 12.1. The van der Waals surface area contributed by atoms with Crippen LogP contribution in [0.2, 0.25) is 0 Å². The Labute approximate surface area is 115 Å². The molecule has 4 nitrogen and oxygen atoms in total. The van der Waals surface area contributed by atoms with Crippen molar-refractivity contribution in [1.82, 2.24) is 4.90 Å². The smallest absolute Gasteiger partial charge is 0.306 e. The number of nitrogens with zero attached hydrogens (tertiary/aromatic N) is 1. The first-order valence-electron chi connectivity index (χ1n) is 6.75. The van der Waals surface area contributed by atoms with Crippen LogP contribution in [-0.4, -0.2) is 35.5 Å². The molecule has 1 fully saturated rings. The lowest BCUT2D eigenvalue weighted by Crippen LogP contribution is -2.34. The Hall–Kier alpha value is -1.50. The van der Waals surface area contributed by atoms with E-state index in [9.17, 15) is 9.59 Å². The predicted molar refractivity (Wildman–Crippen MR) is 73.2 cm³/mol. The molecule has 0 aliphatic heterocycles. The van der Waals surface area contributed by atoms with E-state index in [1.165, 1.54) is 12.8 Å². The second kappa shape index (κ2) is 6.60. The minimum Gasteiger partial charge on any atom is -0.460 e. The van der Waals surface area contributed by atoms with Gasteiger partial charge in [-0.2, -0.15) is 0 Å². The summed E-state index contributed by atoms with van der Waals surface area (Å²) < 4.78 is 5.17. The molecule has 0 saturated heterocycles. The molecule has 1 amide bonds. The zero-order chi connectivity index (χ0) is 14.5. The van der Waals surface area contributed by atoms with Gasteiger partial charge in [-0.05, 0) is 39.5 Å². The highest BCUT2D eigenvalue weighted by Crippen LogP contribution is 2.29. The van der Waals surface area contributed by atoms with Gasteiger partial charge in [-0.3, -0.25) is 9.59 Å². The van der Waals surface area contributed by atoms with E-state index >= 15 is 0 Å². The molecule has 1 aliphatic rings. The van der Waals surface area contributed by atoms with Gasteiger partial charge in [0.25, 0.3) is 0 Å². The molecule has 0 bridgehead atoms. The predicted octanol–water partition coefficient (Wildman–Crippen LogP) is 1.98. The molecule has 0 spiro atoms. The molecule has 0 aromatic carbocycles. The van der Waals surface area contributed by atoms with E-state index in [4.69, 9.17) is 11.2 Å². The molecule has 0 aromatic heterocycles. The molecule has 0 N–H and O–H groups in total. The first kappa shape index (κ1) is 15.6. The number of amides is 1. The van der Waals surface area contributed by atoms with Crippen molar-refractivity contribution in [2.45, 2.75) is 52.1 Å². The van der Waals surface area contributed by atoms with Gasteiger partial charge in [0.1, 0.15) is 5.60 Å². The number of esters is 1. The fourth-order valence-electron chi connectivity index (χ4n) is 1.74. The molecular formula is C15H23NO3. The first-order valence-corrected chi connectivity index (χ1v) is 6.75. The summed E-state index contributed by atoms with van der Waals surface area (Å²) in [6.07, 6.45) is 7.88. The quantitative estimate of drug-likeness (QED) is 0.545. The average Bonchev–Trinajstić information content (AvgIpc) is 3.07. The summed E-state index contributed by atoms with van der Waals surface area (Å²) in [6, 6.07) is 0. The van der Waals surface area contributed by atoms with Gasteiger partial charge in [0.05, 0.1) is 13.0 Å². The largest absolute Gasteiger partial charge is 0.460 e.